The zero-order valence-corrected chi connectivity index (χ0v) is 12.8. The van der Waals surface area contributed by atoms with Crippen LogP contribution in [-0.4, -0.2) is 48.8 Å². The third-order valence-corrected chi connectivity index (χ3v) is 3.08. The first kappa shape index (κ1) is 17.2. The summed E-state index contributed by atoms with van der Waals surface area (Å²) in [4.78, 5) is 26.3. The topological polar surface area (TPSA) is 101 Å². The fraction of sp³-hybridized carbons (Fsp3) is 0.571. The van der Waals surface area contributed by atoms with Crippen LogP contribution < -0.4 is 5.32 Å². The average Bonchev–Trinajstić information content (AvgIpc) is 2.71. The van der Waals surface area contributed by atoms with Gasteiger partial charge in [-0.25, -0.2) is 4.79 Å². The summed E-state index contributed by atoms with van der Waals surface area (Å²) in [5.41, 5.74) is 2.27. The number of aliphatic hydroxyl groups is 1. The molecular formula is C14H22N2O5. The molecule has 118 valence electrons. The van der Waals surface area contributed by atoms with Crippen LogP contribution in [0.1, 0.15) is 40.3 Å². The Morgan fingerprint density at radius 1 is 1.38 bits per heavy atom. The van der Waals surface area contributed by atoms with Gasteiger partial charge in [-0.1, -0.05) is 0 Å². The van der Waals surface area contributed by atoms with Gasteiger partial charge in [0.25, 0.3) is 5.91 Å². The van der Waals surface area contributed by atoms with E-state index in [1.807, 2.05) is 0 Å². The molecule has 0 radical (unpaired) electrons. The van der Waals surface area contributed by atoms with Gasteiger partial charge in [-0.15, -0.1) is 0 Å². The van der Waals surface area contributed by atoms with E-state index in [0.29, 0.717) is 30.0 Å². The normalized spacial score (nSPS) is 12.0. The summed E-state index contributed by atoms with van der Waals surface area (Å²) < 4.78 is 9.73. The van der Waals surface area contributed by atoms with Gasteiger partial charge in [-0.3, -0.25) is 4.79 Å². The Morgan fingerprint density at radius 3 is 2.57 bits per heavy atom. The minimum atomic E-state index is -0.680. The van der Waals surface area contributed by atoms with Gasteiger partial charge in [0.2, 0.25) is 0 Å². The van der Waals surface area contributed by atoms with Gasteiger partial charge in [0.05, 0.1) is 12.7 Å². The summed E-state index contributed by atoms with van der Waals surface area (Å²) in [5.74, 6) is -1.01. The Hall–Kier alpha value is -1.86. The fourth-order valence-electron chi connectivity index (χ4n) is 2.14. The number of nitrogens with one attached hydrogen (secondary N) is 2. The van der Waals surface area contributed by atoms with Crippen LogP contribution in [0.25, 0.3) is 0 Å². The van der Waals surface area contributed by atoms with Crippen LogP contribution >= 0.6 is 0 Å². The summed E-state index contributed by atoms with van der Waals surface area (Å²) >= 11 is 0. The summed E-state index contributed by atoms with van der Waals surface area (Å²) in [7, 11) is 1.53. The molecule has 0 aliphatic carbocycles. The lowest BCUT2D eigenvalue weighted by atomic mass is 10.1. The molecule has 0 saturated carbocycles. The highest BCUT2D eigenvalue weighted by Gasteiger charge is 2.21. The first-order valence-electron chi connectivity index (χ1n) is 6.68. The van der Waals surface area contributed by atoms with Crippen molar-refractivity contribution in [2.75, 3.05) is 26.9 Å². The van der Waals surface area contributed by atoms with Crippen molar-refractivity contribution in [3.05, 3.63) is 22.5 Å². The molecule has 1 atom stereocenters. The molecule has 1 amide bonds. The standard InChI is InChI=1S/C14H22N2O5/c1-8-12(10(3)17)9(2)16-13(8)14(19)21-7-11(18)15-5-6-20-4/h10,16-17H,5-7H2,1-4H3,(H,15,18)/t10-/m0/s1. The maximum absolute atomic E-state index is 11.9. The lowest BCUT2D eigenvalue weighted by molar-refractivity contribution is -0.124. The number of ether oxygens (including phenoxy) is 2. The number of aryl methyl sites for hydroxylation is 1. The van der Waals surface area contributed by atoms with Gasteiger partial charge in [0, 0.05) is 24.9 Å². The molecule has 0 fully saturated rings. The second-order valence-corrected chi connectivity index (χ2v) is 4.76. The van der Waals surface area contributed by atoms with E-state index < -0.39 is 18.0 Å². The molecule has 7 heteroatoms. The summed E-state index contributed by atoms with van der Waals surface area (Å²) in [6, 6.07) is 0. The molecule has 0 aliphatic rings. The number of hydrogen-bond donors (Lipinski definition) is 3. The second kappa shape index (κ2) is 7.80. The minimum absolute atomic E-state index is 0.257. The van der Waals surface area contributed by atoms with Crippen molar-refractivity contribution >= 4 is 11.9 Å². The molecule has 0 aromatic carbocycles. The number of aromatic nitrogens is 1. The van der Waals surface area contributed by atoms with Crippen molar-refractivity contribution in [3.63, 3.8) is 0 Å². The Balaban J connectivity index is 2.61. The number of rotatable bonds is 7. The van der Waals surface area contributed by atoms with E-state index in [2.05, 4.69) is 10.3 Å². The summed E-state index contributed by atoms with van der Waals surface area (Å²) in [6.07, 6.45) is -0.680. The van der Waals surface area contributed by atoms with Crippen molar-refractivity contribution in [2.45, 2.75) is 26.9 Å². The molecule has 0 saturated heterocycles. The molecule has 7 nitrogen and oxygen atoms in total. The van der Waals surface area contributed by atoms with Crippen LogP contribution in [0.5, 0.6) is 0 Å². The van der Waals surface area contributed by atoms with E-state index in [-0.39, 0.29) is 12.3 Å². The lowest BCUT2D eigenvalue weighted by Gasteiger charge is -2.07. The van der Waals surface area contributed by atoms with Crippen LogP contribution in [0.2, 0.25) is 0 Å². The predicted octanol–water partition coefficient (Wildman–Crippen LogP) is 0.604. The van der Waals surface area contributed by atoms with Crippen molar-refractivity contribution < 1.29 is 24.2 Å². The summed E-state index contributed by atoms with van der Waals surface area (Å²) in [5, 5.41) is 12.2. The fourth-order valence-corrected chi connectivity index (χ4v) is 2.14. The average molecular weight is 298 g/mol. The van der Waals surface area contributed by atoms with E-state index in [9.17, 15) is 14.7 Å². The van der Waals surface area contributed by atoms with Gasteiger partial charge in [-0.05, 0) is 26.3 Å². The number of H-pyrrole nitrogens is 1. The Kier molecular flexibility index (Phi) is 6.39. The third kappa shape index (κ3) is 4.57. The molecule has 1 aromatic heterocycles. The predicted molar refractivity (Wildman–Crippen MR) is 76.1 cm³/mol. The largest absolute Gasteiger partial charge is 0.451 e. The van der Waals surface area contributed by atoms with E-state index >= 15 is 0 Å². The Labute approximate surface area is 123 Å². The molecule has 0 unspecified atom stereocenters. The Bertz CT molecular complexity index is 508. The van der Waals surface area contributed by atoms with Gasteiger partial charge in [0.15, 0.2) is 6.61 Å². The smallest absolute Gasteiger partial charge is 0.355 e. The van der Waals surface area contributed by atoms with Crippen LogP contribution in [0.3, 0.4) is 0 Å². The first-order valence-corrected chi connectivity index (χ1v) is 6.68. The van der Waals surface area contributed by atoms with Crippen molar-refractivity contribution in [1.29, 1.82) is 0 Å². The zero-order chi connectivity index (χ0) is 16.0. The van der Waals surface area contributed by atoms with Crippen molar-refractivity contribution in [1.82, 2.24) is 10.3 Å². The number of aromatic amines is 1. The first-order chi connectivity index (χ1) is 9.88. The van der Waals surface area contributed by atoms with Crippen molar-refractivity contribution in [3.8, 4) is 0 Å². The molecule has 1 heterocycles. The van der Waals surface area contributed by atoms with E-state index in [0.717, 1.165) is 0 Å². The number of aliphatic hydroxyl groups excluding tert-OH is 1. The highest BCUT2D eigenvalue weighted by atomic mass is 16.5. The molecular weight excluding hydrogens is 276 g/mol. The monoisotopic (exact) mass is 298 g/mol. The SMILES string of the molecule is COCCNC(=O)COC(=O)c1[nH]c(C)c([C@H](C)O)c1C. The highest BCUT2D eigenvalue weighted by molar-refractivity contribution is 5.91. The van der Waals surface area contributed by atoms with E-state index in [1.54, 1.807) is 20.8 Å². The molecule has 1 rings (SSSR count). The van der Waals surface area contributed by atoms with Crippen molar-refractivity contribution in [2.24, 2.45) is 0 Å². The van der Waals surface area contributed by atoms with Crippen LogP contribution in [0.4, 0.5) is 0 Å². The summed E-state index contributed by atoms with van der Waals surface area (Å²) in [6.45, 7) is 5.52. The number of amides is 1. The highest BCUT2D eigenvalue weighted by Crippen LogP contribution is 2.24. The second-order valence-electron chi connectivity index (χ2n) is 4.76. The quantitative estimate of drug-likeness (QED) is 0.505. The van der Waals surface area contributed by atoms with Crippen LogP contribution in [0, 0.1) is 13.8 Å². The number of methoxy groups -OCH3 is 1. The van der Waals surface area contributed by atoms with E-state index in [1.165, 1.54) is 7.11 Å². The molecule has 0 bridgehead atoms. The third-order valence-electron chi connectivity index (χ3n) is 3.08. The maximum atomic E-state index is 11.9. The molecule has 0 spiro atoms. The lowest BCUT2D eigenvalue weighted by Crippen LogP contribution is -2.31. The number of carbonyl (C=O) groups excluding carboxylic acids is 2. The number of carbonyl (C=O) groups is 2. The number of esters is 1. The van der Waals surface area contributed by atoms with Crippen LogP contribution in [0.15, 0.2) is 0 Å². The molecule has 1 aromatic rings. The molecule has 0 aliphatic heterocycles. The van der Waals surface area contributed by atoms with Gasteiger partial charge in [-0.2, -0.15) is 0 Å². The maximum Gasteiger partial charge on any atom is 0.355 e. The van der Waals surface area contributed by atoms with Crippen LogP contribution in [-0.2, 0) is 14.3 Å². The van der Waals surface area contributed by atoms with Gasteiger partial charge >= 0.3 is 5.97 Å². The molecule has 3 N–H and O–H groups in total. The zero-order valence-electron chi connectivity index (χ0n) is 12.8. The van der Waals surface area contributed by atoms with Gasteiger partial charge in [0.1, 0.15) is 5.69 Å². The Morgan fingerprint density at radius 2 is 2.05 bits per heavy atom. The molecule has 21 heavy (non-hydrogen) atoms. The minimum Gasteiger partial charge on any atom is -0.451 e. The van der Waals surface area contributed by atoms with E-state index in [4.69, 9.17) is 9.47 Å². The number of hydrogen-bond acceptors (Lipinski definition) is 5. The van der Waals surface area contributed by atoms with Gasteiger partial charge < -0.3 is 24.9 Å².